The van der Waals surface area contributed by atoms with Gasteiger partial charge in [-0.15, -0.1) is 0 Å². The van der Waals surface area contributed by atoms with Gasteiger partial charge in [-0.2, -0.15) is 0 Å². The van der Waals surface area contributed by atoms with E-state index < -0.39 is 11.8 Å². The number of esters is 1. The summed E-state index contributed by atoms with van der Waals surface area (Å²) in [5.41, 5.74) is 3.94. The predicted octanol–water partition coefficient (Wildman–Crippen LogP) is 5.26. The van der Waals surface area contributed by atoms with Crippen LogP contribution in [-0.4, -0.2) is 28.6 Å². The zero-order valence-corrected chi connectivity index (χ0v) is 18.6. The first-order chi connectivity index (χ1) is 14.8. The summed E-state index contributed by atoms with van der Waals surface area (Å²) in [7, 11) is 0. The molecule has 160 valence electrons. The average Bonchev–Trinajstić information content (AvgIpc) is 2.73. The highest BCUT2D eigenvalue weighted by molar-refractivity contribution is 6.30. The number of rotatable bonds is 4. The van der Waals surface area contributed by atoms with Gasteiger partial charge in [0.25, 0.3) is 0 Å². The van der Waals surface area contributed by atoms with Gasteiger partial charge in [-0.1, -0.05) is 29.8 Å². The van der Waals surface area contributed by atoms with Gasteiger partial charge in [0, 0.05) is 46.7 Å². The third-order valence-corrected chi connectivity index (χ3v) is 6.13. The van der Waals surface area contributed by atoms with E-state index in [4.69, 9.17) is 21.3 Å². The first-order valence-corrected chi connectivity index (χ1v) is 10.9. The van der Waals surface area contributed by atoms with Crippen LogP contribution in [0, 0.1) is 5.92 Å². The lowest BCUT2D eigenvalue weighted by molar-refractivity contribution is -0.150. The van der Waals surface area contributed by atoms with Gasteiger partial charge in [-0.3, -0.25) is 19.6 Å². The van der Waals surface area contributed by atoms with Crippen LogP contribution in [0.5, 0.6) is 0 Å². The fraction of sp³-hybridized carbons (Fsp3) is 0.360. The molecule has 0 fully saturated rings. The van der Waals surface area contributed by atoms with Crippen LogP contribution in [0.1, 0.15) is 56.6 Å². The minimum absolute atomic E-state index is 0.0219. The number of pyridine rings is 1. The Kier molecular flexibility index (Phi) is 6.05. The van der Waals surface area contributed by atoms with E-state index in [1.807, 2.05) is 57.2 Å². The van der Waals surface area contributed by atoms with Gasteiger partial charge in [-0.25, -0.2) is 0 Å². The molecule has 1 aromatic carbocycles. The zero-order valence-electron chi connectivity index (χ0n) is 17.8. The number of ether oxygens (including phenoxy) is 1. The Balaban J connectivity index is 1.77. The van der Waals surface area contributed by atoms with Gasteiger partial charge in [0.2, 0.25) is 0 Å². The first-order valence-electron chi connectivity index (χ1n) is 10.5. The maximum atomic E-state index is 13.4. The average molecular weight is 437 g/mol. The monoisotopic (exact) mass is 436 g/mol. The zero-order chi connectivity index (χ0) is 22.1. The quantitative estimate of drug-likeness (QED) is 0.613. The molecular weight excluding hydrogens is 412 g/mol. The maximum Gasteiger partial charge on any atom is 0.315 e. The Morgan fingerprint density at radius 2 is 1.87 bits per heavy atom. The summed E-state index contributed by atoms with van der Waals surface area (Å²) >= 11 is 6.03. The number of hydrogen-bond acceptors (Lipinski definition) is 5. The molecule has 2 aliphatic rings. The van der Waals surface area contributed by atoms with Crippen LogP contribution >= 0.6 is 11.6 Å². The molecule has 1 aliphatic carbocycles. The third-order valence-electron chi connectivity index (χ3n) is 5.88. The Morgan fingerprint density at radius 1 is 1.13 bits per heavy atom. The van der Waals surface area contributed by atoms with Crippen LogP contribution in [-0.2, 0) is 14.3 Å². The number of ketones is 1. The number of carbonyl (C=O) groups is 2. The molecule has 0 radical (unpaired) electrons. The number of Topliss-reactive ketones (excluding diaryl/α,β-unsaturated/α-hetero) is 1. The van der Waals surface area contributed by atoms with E-state index in [0.29, 0.717) is 29.1 Å². The molecule has 6 heteroatoms. The second kappa shape index (κ2) is 8.75. The molecule has 5 nitrogen and oxygen atoms in total. The first kappa shape index (κ1) is 21.4. The second-order valence-electron chi connectivity index (χ2n) is 8.42. The lowest BCUT2D eigenvalue weighted by Gasteiger charge is -2.36. The largest absolute Gasteiger partial charge is 0.462 e. The number of halogens is 1. The lowest BCUT2D eigenvalue weighted by atomic mass is 9.69. The molecule has 2 aromatic rings. The Hall–Kier alpha value is -2.79. The minimum Gasteiger partial charge on any atom is -0.462 e. The van der Waals surface area contributed by atoms with E-state index in [0.717, 1.165) is 16.8 Å². The normalized spacial score (nSPS) is 23.5. The molecule has 31 heavy (non-hydrogen) atoms. The van der Waals surface area contributed by atoms with Gasteiger partial charge in [0.05, 0.1) is 6.10 Å². The SMILES string of the molecule is CC1=NC2=C(C(=O)CC(c3ccc(Cl)cc3)C2)C(c2cccnc2)C1C(=O)OC(C)C. The van der Waals surface area contributed by atoms with Crippen molar-refractivity contribution in [2.45, 2.75) is 51.6 Å². The molecule has 1 aliphatic heterocycles. The minimum atomic E-state index is -0.638. The Bertz CT molecular complexity index is 1060. The number of hydrogen-bond donors (Lipinski definition) is 0. The molecule has 0 spiro atoms. The summed E-state index contributed by atoms with van der Waals surface area (Å²) in [6, 6.07) is 11.4. The number of aromatic nitrogens is 1. The standard InChI is InChI=1S/C25H25ClN2O3/c1-14(2)31-25(30)22-15(3)28-20-11-18(16-6-8-19(26)9-7-16)12-21(29)24(20)23(22)17-5-4-10-27-13-17/h4-10,13-14,18,22-23H,11-12H2,1-3H3. The highest BCUT2D eigenvalue weighted by atomic mass is 35.5. The maximum absolute atomic E-state index is 13.4. The fourth-order valence-corrected chi connectivity index (χ4v) is 4.69. The van der Waals surface area contributed by atoms with Crippen LogP contribution in [0.3, 0.4) is 0 Å². The number of aliphatic imine (C=N–C) groups is 1. The van der Waals surface area contributed by atoms with Crippen LogP contribution < -0.4 is 0 Å². The molecule has 3 unspecified atom stereocenters. The van der Waals surface area contributed by atoms with Crippen molar-refractivity contribution in [3.8, 4) is 0 Å². The lowest BCUT2D eigenvalue weighted by Crippen LogP contribution is -2.38. The number of nitrogens with zero attached hydrogens (tertiary/aromatic N) is 2. The van der Waals surface area contributed by atoms with Crippen molar-refractivity contribution in [3.05, 3.63) is 76.2 Å². The molecule has 2 heterocycles. The van der Waals surface area contributed by atoms with Crippen molar-refractivity contribution in [1.29, 1.82) is 0 Å². The van der Waals surface area contributed by atoms with Gasteiger partial charge in [0.15, 0.2) is 5.78 Å². The van der Waals surface area contributed by atoms with Crippen molar-refractivity contribution in [2.24, 2.45) is 10.9 Å². The number of benzene rings is 1. The fourth-order valence-electron chi connectivity index (χ4n) is 4.56. The summed E-state index contributed by atoms with van der Waals surface area (Å²) in [6.45, 7) is 5.48. The molecule has 0 saturated carbocycles. The molecule has 4 rings (SSSR count). The van der Waals surface area contributed by atoms with Crippen molar-refractivity contribution in [1.82, 2.24) is 4.98 Å². The van der Waals surface area contributed by atoms with Crippen molar-refractivity contribution in [2.75, 3.05) is 0 Å². The molecule has 0 N–H and O–H groups in total. The number of allylic oxidation sites excluding steroid dienone is 2. The van der Waals surface area contributed by atoms with E-state index in [2.05, 4.69) is 4.98 Å². The van der Waals surface area contributed by atoms with Crippen molar-refractivity contribution >= 4 is 29.1 Å². The molecule has 0 amide bonds. The third kappa shape index (κ3) is 4.33. The molecular formula is C25H25ClN2O3. The Morgan fingerprint density at radius 3 is 2.52 bits per heavy atom. The van der Waals surface area contributed by atoms with E-state index in [-0.39, 0.29) is 23.8 Å². The van der Waals surface area contributed by atoms with Gasteiger partial charge >= 0.3 is 5.97 Å². The van der Waals surface area contributed by atoms with Gasteiger partial charge < -0.3 is 4.74 Å². The van der Waals surface area contributed by atoms with Crippen LogP contribution in [0.4, 0.5) is 0 Å². The molecule has 1 aromatic heterocycles. The topological polar surface area (TPSA) is 68.6 Å². The van der Waals surface area contributed by atoms with E-state index in [1.165, 1.54) is 0 Å². The highest BCUT2D eigenvalue weighted by Gasteiger charge is 2.45. The molecule has 3 atom stereocenters. The summed E-state index contributed by atoms with van der Waals surface area (Å²) in [4.78, 5) is 35.5. The highest BCUT2D eigenvalue weighted by Crippen LogP contribution is 2.46. The second-order valence-corrected chi connectivity index (χ2v) is 8.86. The van der Waals surface area contributed by atoms with Gasteiger partial charge in [-0.05, 0) is 62.4 Å². The smallest absolute Gasteiger partial charge is 0.315 e. The van der Waals surface area contributed by atoms with Crippen LogP contribution in [0.15, 0.2) is 65.1 Å². The van der Waals surface area contributed by atoms with Crippen molar-refractivity contribution in [3.63, 3.8) is 0 Å². The Labute approximate surface area is 187 Å². The van der Waals surface area contributed by atoms with E-state index in [1.54, 1.807) is 12.4 Å². The summed E-state index contributed by atoms with van der Waals surface area (Å²) in [5, 5.41) is 0.667. The number of carbonyl (C=O) groups excluding carboxylic acids is 2. The van der Waals surface area contributed by atoms with Crippen molar-refractivity contribution < 1.29 is 14.3 Å². The predicted molar refractivity (Wildman–Crippen MR) is 120 cm³/mol. The van der Waals surface area contributed by atoms with Crippen LogP contribution in [0.25, 0.3) is 0 Å². The van der Waals surface area contributed by atoms with E-state index in [9.17, 15) is 9.59 Å². The summed E-state index contributed by atoms with van der Waals surface area (Å²) < 4.78 is 5.54. The summed E-state index contributed by atoms with van der Waals surface area (Å²) in [5.74, 6) is -1.38. The summed E-state index contributed by atoms with van der Waals surface area (Å²) in [6.07, 6.45) is 4.17. The van der Waals surface area contributed by atoms with Gasteiger partial charge in [0.1, 0.15) is 5.92 Å². The molecule has 0 saturated heterocycles. The van der Waals surface area contributed by atoms with Crippen LogP contribution in [0.2, 0.25) is 5.02 Å². The molecule has 0 bridgehead atoms. The van der Waals surface area contributed by atoms with E-state index >= 15 is 0 Å².